The number of hydrogen-bond acceptors (Lipinski definition) is 1. The first-order chi connectivity index (χ1) is 8.19. The Hall–Kier alpha value is -0.630. The van der Waals surface area contributed by atoms with Gasteiger partial charge in [0.05, 0.1) is 19.8 Å². The molecule has 0 saturated heterocycles. The van der Waals surface area contributed by atoms with Gasteiger partial charge in [0.1, 0.15) is 6.20 Å². The van der Waals surface area contributed by atoms with E-state index in [9.17, 15) is 0 Å². The molecule has 0 radical (unpaired) electrons. The minimum atomic E-state index is 0.926. The van der Waals surface area contributed by atoms with Gasteiger partial charge < -0.3 is 0 Å². The van der Waals surface area contributed by atoms with Crippen LogP contribution in [0.1, 0.15) is 65.2 Å². The Bertz CT molecular complexity index is 268. The van der Waals surface area contributed by atoms with Crippen LogP contribution < -0.4 is 0 Å². The fourth-order valence-corrected chi connectivity index (χ4v) is 2.34. The van der Waals surface area contributed by atoms with Gasteiger partial charge in [0, 0.05) is 6.92 Å². The number of rotatable bonds is 9. The van der Waals surface area contributed by atoms with E-state index in [4.69, 9.17) is 0 Å². The third kappa shape index (κ3) is 5.03. The second kappa shape index (κ2) is 7.65. The van der Waals surface area contributed by atoms with E-state index in [1.165, 1.54) is 63.7 Å². The van der Waals surface area contributed by atoms with E-state index in [1.807, 2.05) is 6.20 Å². The molecule has 98 valence electrons. The number of nitrogens with zero attached hydrogens (tertiary/aromatic N) is 2. The molecule has 0 bridgehead atoms. The fourth-order valence-electron chi connectivity index (χ4n) is 2.34. The molecule has 0 N–H and O–H groups in total. The summed E-state index contributed by atoms with van der Waals surface area (Å²) < 4.78 is 0.926. The molecule has 1 heterocycles. The Balaban J connectivity index is 1.98. The van der Waals surface area contributed by atoms with Gasteiger partial charge in [0.15, 0.2) is 0 Å². The zero-order valence-electron chi connectivity index (χ0n) is 11.9. The van der Waals surface area contributed by atoms with Gasteiger partial charge in [-0.05, 0) is 12.8 Å². The number of quaternary nitrogens is 1. The molecule has 17 heavy (non-hydrogen) atoms. The lowest BCUT2D eigenvalue weighted by atomic mass is 10.1. The number of aliphatic imine (C=N–C) groups is 1. The van der Waals surface area contributed by atoms with Crippen LogP contribution in [0, 0.1) is 0 Å². The first kappa shape index (κ1) is 14.4. The molecular formula is C15H29N2+. The van der Waals surface area contributed by atoms with Gasteiger partial charge >= 0.3 is 0 Å². The van der Waals surface area contributed by atoms with Crippen molar-refractivity contribution in [2.24, 2.45) is 4.99 Å². The lowest BCUT2D eigenvalue weighted by Gasteiger charge is -2.25. The predicted molar refractivity (Wildman–Crippen MR) is 75.9 cm³/mol. The number of hydrogen-bond donors (Lipinski definition) is 0. The van der Waals surface area contributed by atoms with Gasteiger partial charge in [-0.25, -0.2) is 4.99 Å². The average Bonchev–Trinajstić information content (AvgIpc) is 2.63. The molecule has 0 fully saturated rings. The van der Waals surface area contributed by atoms with Crippen molar-refractivity contribution in [3.63, 3.8) is 0 Å². The quantitative estimate of drug-likeness (QED) is 0.414. The predicted octanol–water partition coefficient (Wildman–Crippen LogP) is 4.48. The Morgan fingerprint density at radius 1 is 1.00 bits per heavy atom. The lowest BCUT2D eigenvalue weighted by molar-refractivity contribution is -0.764. The van der Waals surface area contributed by atoms with Crippen molar-refractivity contribution in [2.75, 3.05) is 13.6 Å². The summed E-state index contributed by atoms with van der Waals surface area (Å²) in [6, 6.07) is 0. The Labute approximate surface area is 107 Å². The molecule has 1 rings (SSSR count). The summed E-state index contributed by atoms with van der Waals surface area (Å²) in [5.74, 6) is 1.23. The molecule has 1 unspecified atom stereocenters. The average molecular weight is 237 g/mol. The van der Waals surface area contributed by atoms with Gasteiger partial charge in [-0.2, -0.15) is 0 Å². The molecule has 0 aromatic carbocycles. The van der Waals surface area contributed by atoms with Crippen molar-refractivity contribution in [1.29, 1.82) is 0 Å². The maximum atomic E-state index is 4.35. The van der Waals surface area contributed by atoms with Gasteiger partial charge in [0.2, 0.25) is 5.84 Å². The molecule has 0 aromatic rings. The smallest absolute Gasteiger partial charge is 0.204 e. The van der Waals surface area contributed by atoms with Crippen LogP contribution in [0.3, 0.4) is 0 Å². The maximum absolute atomic E-state index is 4.35. The summed E-state index contributed by atoms with van der Waals surface area (Å²) in [5.41, 5.74) is 0. The van der Waals surface area contributed by atoms with Crippen molar-refractivity contribution < 1.29 is 4.48 Å². The molecule has 0 amide bonds. The highest BCUT2D eigenvalue weighted by Crippen LogP contribution is 2.16. The molecule has 2 nitrogen and oxygen atoms in total. The summed E-state index contributed by atoms with van der Waals surface area (Å²) in [6.45, 7) is 5.61. The van der Waals surface area contributed by atoms with Gasteiger partial charge in [-0.1, -0.05) is 45.4 Å². The SMILES string of the molecule is CCCCCCCCCC[N+]1(C)C=CN=C1C. The summed E-state index contributed by atoms with van der Waals surface area (Å²) in [6.07, 6.45) is 15.3. The first-order valence-electron chi connectivity index (χ1n) is 7.27. The van der Waals surface area contributed by atoms with Crippen LogP contribution in [0.4, 0.5) is 0 Å². The Morgan fingerprint density at radius 3 is 2.12 bits per heavy atom. The highest BCUT2D eigenvalue weighted by atomic mass is 15.4. The zero-order valence-corrected chi connectivity index (χ0v) is 11.9. The maximum Gasteiger partial charge on any atom is 0.204 e. The second-order valence-corrected chi connectivity index (χ2v) is 5.44. The van der Waals surface area contributed by atoms with E-state index in [-0.39, 0.29) is 0 Å². The van der Waals surface area contributed by atoms with Gasteiger partial charge in [-0.3, -0.25) is 4.48 Å². The number of amidine groups is 1. The van der Waals surface area contributed by atoms with Gasteiger partial charge in [0.25, 0.3) is 0 Å². The van der Waals surface area contributed by atoms with Crippen LogP contribution in [-0.4, -0.2) is 23.9 Å². The molecule has 1 aliphatic heterocycles. The molecule has 0 saturated carbocycles. The van der Waals surface area contributed by atoms with Crippen LogP contribution in [0.5, 0.6) is 0 Å². The topological polar surface area (TPSA) is 12.4 Å². The highest BCUT2D eigenvalue weighted by Gasteiger charge is 2.25. The summed E-state index contributed by atoms with van der Waals surface area (Å²) >= 11 is 0. The Kier molecular flexibility index (Phi) is 6.49. The van der Waals surface area contributed by atoms with Crippen LogP contribution in [-0.2, 0) is 0 Å². The van der Waals surface area contributed by atoms with Crippen LogP contribution in [0.25, 0.3) is 0 Å². The van der Waals surface area contributed by atoms with Crippen molar-refractivity contribution in [2.45, 2.75) is 65.2 Å². The fraction of sp³-hybridized carbons (Fsp3) is 0.800. The summed E-state index contributed by atoms with van der Waals surface area (Å²) in [5, 5.41) is 0. The van der Waals surface area contributed by atoms with E-state index >= 15 is 0 Å². The van der Waals surface area contributed by atoms with E-state index in [1.54, 1.807) is 0 Å². The Morgan fingerprint density at radius 2 is 1.59 bits per heavy atom. The van der Waals surface area contributed by atoms with Gasteiger partial charge in [-0.15, -0.1) is 0 Å². The van der Waals surface area contributed by atoms with Crippen molar-refractivity contribution in [3.05, 3.63) is 12.4 Å². The molecule has 0 aliphatic carbocycles. The number of unbranched alkanes of at least 4 members (excludes halogenated alkanes) is 7. The molecule has 1 atom stereocenters. The standard InChI is InChI=1S/C15H29N2/c1-4-5-6-7-8-9-10-11-13-17(3)14-12-16-15(17)2/h12,14H,4-11,13H2,1-3H3/q+1. The first-order valence-corrected chi connectivity index (χ1v) is 7.27. The monoisotopic (exact) mass is 237 g/mol. The molecule has 0 aromatic heterocycles. The van der Waals surface area contributed by atoms with E-state index < -0.39 is 0 Å². The third-order valence-corrected chi connectivity index (χ3v) is 3.87. The van der Waals surface area contributed by atoms with E-state index in [0.29, 0.717) is 0 Å². The summed E-state index contributed by atoms with van der Waals surface area (Å²) in [7, 11) is 2.25. The normalized spacial score (nSPS) is 23.1. The van der Waals surface area contributed by atoms with Crippen molar-refractivity contribution >= 4 is 5.84 Å². The van der Waals surface area contributed by atoms with Crippen LogP contribution >= 0.6 is 0 Å². The van der Waals surface area contributed by atoms with Crippen molar-refractivity contribution in [3.8, 4) is 0 Å². The zero-order chi connectivity index (χ0) is 12.6. The minimum Gasteiger partial charge on any atom is -0.254 e. The minimum absolute atomic E-state index is 0.926. The third-order valence-electron chi connectivity index (χ3n) is 3.87. The highest BCUT2D eigenvalue weighted by molar-refractivity contribution is 5.75. The molecular weight excluding hydrogens is 208 g/mol. The van der Waals surface area contributed by atoms with Crippen LogP contribution in [0.2, 0.25) is 0 Å². The molecule has 1 aliphatic rings. The lowest BCUT2D eigenvalue weighted by Crippen LogP contribution is -2.41. The van der Waals surface area contributed by atoms with E-state index in [0.717, 1.165) is 4.48 Å². The van der Waals surface area contributed by atoms with Crippen LogP contribution in [0.15, 0.2) is 17.4 Å². The molecule has 0 spiro atoms. The summed E-state index contributed by atoms with van der Waals surface area (Å²) in [4.78, 5) is 4.35. The van der Waals surface area contributed by atoms with Crippen molar-refractivity contribution in [1.82, 2.24) is 0 Å². The van der Waals surface area contributed by atoms with E-state index in [2.05, 4.69) is 32.1 Å². The second-order valence-electron chi connectivity index (χ2n) is 5.44. The largest absolute Gasteiger partial charge is 0.254 e. The molecule has 2 heteroatoms.